The molecule has 21 heavy (non-hydrogen) atoms. The van der Waals surface area contributed by atoms with Gasteiger partial charge in [0.25, 0.3) is 0 Å². The molecule has 0 atom stereocenters. The van der Waals surface area contributed by atoms with E-state index in [2.05, 4.69) is 16.5 Å². The van der Waals surface area contributed by atoms with E-state index < -0.39 is 5.41 Å². The number of amides is 1. The van der Waals surface area contributed by atoms with Crippen molar-refractivity contribution in [2.75, 3.05) is 5.32 Å². The Hall–Kier alpha value is -2.04. The zero-order valence-electron chi connectivity index (χ0n) is 12.1. The number of anilines is 1. The van der Waals surface area contributed by atoms with E-state index in [1.54, 1.807) is 0 Å². The summed E-state index contributed by atoms with van der Waals surface area (Å²) >= 11 is 0. The third-order valence-electron chi connectivity index (χ3n) is 4.88. The molecule has 1 fully saturated rings. The number of aryl methyl sites for hydroxylation is 1. The highest BCUT2D eigenvalue weighted by atomic mass is 16.4. The number of amidine groups is 1. The van der Waals surface area contributed by atoms with Crippen LogP contribution in [0, 0.1) is 5.41 Å². The van der Waals surface area contributed by atoms with Crippen molar-refractivity contribution in [2.45, 2.75) is 44.9 Å². The molecule has 0 saturated heterocycles. The van der Waals surface area contributed by atoms with Gasteiger partial charge in [-0.25, -0.2) is 0 Å². The fourth-order valence-electron chi connectivity index (χ4n) is 3.37. The maximum absolute atomic E-state index is 12.6. The van der Waals surface area contributed by atoms with Crippen molar-refractivity contribution < 1.29 is 10.0 Å². The number of carbonyl (C=O) groups is 1. The first-order valence-corrected chi connectivity index (χ1v) is 7.57. The zero-order valence-corrected chi connectivity index (χ0v) is 12.1. The quantitative estimate of drug-likeness (QED) is 0.345. The van der Waals surface area contributed by atoms with Gasteiger partial charge in [0.15, 0.2) is 5.84 Å². The summed E-state index contributed by atoms with van der Waals surface area (Å²) < 4.78 is 0. The Morgan fingerprint density at radius 1 is 1.24 bits per heavy atom. The molecule has 4 N–H and O–H groups in total. The number of hydrogen-bond acceptors (Lipinski definition) is 3. The van der Waals surface area contributed by atoms with E-state index in [4.69, 9.17) is 10.9 Å². The molecule has 0 heterocycles. The van der Waals surface area contributed by atoms with Crippen molar-refractivity contribution in [2.24, 2.45) is 16.3 Å². The number of fused-ring (bicyclic) bond motifs is 1. The maximum Gasteiger partial charge on any atom is 0.238 e. The lowest BCUT2D eigenvalue weighted by Gasteiger charge is -2.38. The highest BCUT2D eigenvalue weighted by molar-refractivity contribution is 6.12. The Labute approximate surface area is 124 Å². The van der Waals surface area contributed by atoms with Crippen molar-refractivity contribution >= 4 is 17.4 Å². The summed E-state index contributed by atoms with van der Waals surface area (Å²) in [7, 11) is 0. The first-order valence-electron chi connectivity index (χ1n) is 7.57. The topological polar surface area (TPSA) is 87.7 Å². The number of nitrogens with two attached hydrogens (primary N) is 1. The van der Waals surface area contributed by atoms with Gasteiger partial charge in [-0.1, -0.05) is 23.7 Å². The Morgan fingerprint density at radius 2 is 2.00 bits per heavy atom. The molecule has 0 aromatic heterocycles. The first-order chi connectivity index (χ1) is 10.2. The fraction of sp³-hybridized carbons (Fsp3) is 0.500. The molecule has 1 amide bonds. The molecule has 112 valence electrons. The summed E-state index contributed by atoms with van der Waals surface area (Å²) in [5, 5.41) is 15.0. The molecule has 1 aromatic carbocycles. The molecular formula is C16H21N3O2. The summed E-state index contributed by atoms with van der Waals surface area (Å²) in [5.74, 6) is -0.126. The van der Waals surface area contributed by atoms with Crippen molar-refractivity contribution in [3.8, 4) is 0 Å². The minimum atomic E-state index is -0.827. The summed E-state index contributed by atoms with van der Waals surface area (Å²) in [5.41, 5.74) is 8.37. The number of rotatable bonds is 3. The van der Waals surface area contributed by atoms with Gasteiger partial charge in [0.1, 0.15) is 5.41 Å². The standard InChI is InChI=1S/C16H21N3O2/c17-14(19-21)16(9-4-10-16)15(20)18-13-8-3-6-11-5-1-2-7-12(11)13/h3,6,8,21H,1-2,4-5,7,9-10H2,(H2,17,19)(H,18,20). The van der Waals surface area contributed by atoms with Crippen LogP contribution in [0.3, 0.4) is 0 Å². The van der Waals surface area contributed by atoms with Gasteiger partial charge in [-0.3, -0.25) is 4.79 Å². The maximum atomic E-state index is 12.6. The van der Waals surface area contributed by atoms with E-state index in [1.165, 1.54) is 17.5 Å². The van der Waals surface area contributed by atoms with Gasteiger partial charge in [0.2, 0.25) is 5.91 Å². The average Bonchev–Trinajstić information content (AvgIpc) is 2.46. The Bertz CT molecular complexity index is 591. The molecule has 0 spiro atoms. The molecular weight excluding hydrogens is 266 g/mol. The number of carbonyl (C=O) groups excluding carboxylic acids is 1. The molecule has 0 unspecified atom stereocenters. The van der Waals surface area contributed by atoms with E-state index in [-0.39, 0.29) is 11.7 Å². The molecule has 1 aromatic rings. The fourth-order valence-corrected chi connectivity index (χ4v) is 3.37. The third-order valence-corrected chi connectivity index (χ3v) is 4.88. The van der Waals surface area contributed by atoms with Gasteiger partial charge in [0.05, 0.1) is 0 Å². The van der Waals surface area contributed by atoms with Crippen molar-refractivity contribution in [1.82, 2.24) is 0 Å². The Kier molecular flexibility index (Phi) is 3.57. The minimum absolute atomic E-state index is 0.0241. The predicted molar refractivity (Wildman–Crippen MR) is 81.4 cm³/mol. The first kappa shape index (κ1) is 13.9. The lowest BCUT2D eigenvalue weighted by atomic mass is 9.67. The van der Waals surface area contributed by atoms with Crippen LogP contribution in [0.1, 0.15) is 43.2 Å². The van der Waals surface area contributed by atoms with E-state index >= 15 is 0 Å². The van der Waals surface area contributed by atoms with Crippen LogP contribution in [0.15, 0.2) is 23.4 Å². The number of oxime groups is 1. The van der Waals surface area contributed by atoms with Crippen molar-refractivity contribution in [3.63, 3.8) is 0 Å². The SMILES string of the molecule is N/C(=N/O)C1(C(=O)Nc2cccc3c2CCCC3)CCC1. The number of hydrogen-bond donors (Lipinski definition) is 3. The summed E-state index contributed by atoms with van der Waals surface area (Å²) in [6.07, 6.45) is 6.65. The molecule has 5 heteroatoms. The monoisotopic (exact) mass is 287 g/mol. The minimum Gasteiger partial charge on any atom is -0.409 e. The van der Waals surface area contributed by atoms with Gasteiger partial charge in [-0.15, -0.1) is 0 Å². The molecule has 5 nitrogen and oxygen atoms in total. The molecule has 3 rings (SSSR count). The highest BCUT2D eigenvalue weighted by Gasteiger charge is 2.48. The molecule has 0 aliphatic heterocycles. The van der Waals surface area contributed by atoms with Crippen LogP contribution in [0.5, 0.6) is 0 Å². The van der Waals surface area contributed by atoms with Crippen molar-refractivity contribution in [3.05, 3.63) is 29.3 Å². The van der Waals surface area contributed by atoms with Crippen LogP contribution in [-0.4, -0.2) is 17.0 Å². The van der Waals surface area contributed by atoms with Crippen LogP contribution in [-0.2, 0) is 17.6 Å². The van der Waals surface area contributed by atoms with E-state index in [9.17, 15) is 4.79 Å². The van der Waals surface area contributed by atoms with Crippen LogP contribution < -0.4 is 11.1 Å². The van der Waals surface area contributed by atoms with E-state index in [1.807, 2.05) is 12.1 Å². The van der Waals surface area contributed by atoms with Gasteiger partial charge >= 0.3 is 0 Å². The number of nitrogens with one attached hydrogen (secondary N) is 1. The zero-order chi connectivity index (χ0) is 14.9. The molecule has 1 saturated carbocycles. The third kappa shape index (κ3) is 2.26. The van der Waals surface area contributed by atoms with Crippen LogP contribution in [0.25, 0.3) is 0 Å². The van der Waals surface area contributed by atoms with E-state index in [0.717, 1.165) is 31.4 Å². The van der Waals surface area contributed by atoms with Crippen LogP contribution in [0.2, 0.25) is 0 Å². The normalized spacial score (nSPS) is 20.3. The lowest BCUT2D eigenvalue weighted by molar-refractivity contribution is -0.125. The van der Waals surface area contributed by atoms with Gasteiger partial charge in [0, 0.05) is 5.69 Å². The van der Waals surface area contributed by atoms with Gasteiger partial charge in [-0.2, -0.15) is 0 Å². The molecule has 0 bridgehead atoms. The van der Waals surface area contributed by atoms with Crippen molar-refractivity contribution in [1.29, 1.82) is 0 Å². The lowest BCUT2D eigenvalue weighted by Crippen LogP contribution is -2.51. The summed E-state index contributed by atoms with van der Waals surface area (Å²) in [6, 6.07) is 6.06. The largest absolute Gasteiger partial charge is 0.409 e. The van der Waals surface area contributed by atoms with Crippen LogP contribution >= 0.6 is 0 Å². The smallest absolute Gasteiger partial charge is 0.238 e. The van der Waals surface area contributed by atoms with Gasteiger partial charge < -0.3 is 16.3 Å². The number of benzene rings is 1. The second-order valence-electron chi connectivity index (χ2n) is 6.03. The van der Waals surface area contributed by atoms with Gasteiger partial charge in [-0.05, 0) is 55.7 Å². The van der Waals surface area contributed by atoms with Crippen LogP contribution in [0.4, 0.5) is 5.69 Å². The van der Waals surface area contributed by atoms with E-state index in [0.29, 0.717) is 12.8 Å². The Morgan fingerprint density at radius 3 is 2.67 bits per heavy atom. The number of nitrogens with zero attached hydrogens (tertiary/aromatic N) is 1. The second kappa shape index (κ2) is 5.39. The second-order valence-corrected chi connectivity index (χ2v) is 6.03. The average molecular weight is 287 g/mol. The summed E-state index contributed by atoms with van der Waals surface area (Å²) in [4.78, 5) is 12.6. The Balaban J connectivity index is 1.85. The molecule has 0 radical (unpaired) electrons. The highest BCUT2D eigenvalue weighted by Crippen LogP contribution is 2.42. The molecule has 2 aliphatic rings. The summed E-state index contributed by atoms with van der Waals surface area (Å²) in [6.45, 7) is 0. The molecule has 2 aliphatic carbocycles. The predicted octanol–water partition coefficient (Wildman–Crippen LogP) is 2.42.